The highest BCUT2D eigenvalue weighted by molar-refractivity contribution is 5.48. The van der Waals surface area contributed by atoms with Gasteiger partial charge in [0.2, 0.25) is 0 Å². The smallest absolute Gasteiger partial charge is 0.127 e. The Morgan fingerprint density at radius 2 is 2.06 bits per heavy atom. The molecule has 2 N–H and O–H groups in total. The molecule has 0 atom stereocenters. The van der Waals surface area contributed by atoms with Gasteiger partial charge in [0, 0.05) is 19.6 Å². The SMILES string of the molecule is COCCc1cc(N)n(-c2ccc(C)cc2C)n1. The van der Waals surface area contributed by atoms with Crippen LogP contribution in [0.25, 0.3) is 5.69 Å². The summed E-state index contributed by atoms with van der Waals surface area (Å²) in [4.78, 5) is 0. The molecule has 4 heteroatoms. The standard InChI is InChI=1S/C14H19N3O/c1-10-4-5-13(11(2)8-10)17-14(15)9-12(16-17)6-7-18-3/h4-5,8-9H,6-7,15H2,1-3H3. The van der Waals surface area contributed by atoms with Gasteiger partial charge in [-0.05, 0) is 25.5 Å². The Morgan fingerprint density at radius 1 is 1.28 bits per heavy atom. The summed E-state index contributed by atoms with van der Waals surface area (Å²) in [6.07, 6.45) is 0.776. The van der Waals surface area contributed by atoms with E-state index in [9.17, 15) is 0 Å². The molecule has 1 aromatic carbocycles. The predicted molar refractivity (Wildman–Crippen MR) is 73.0 cm³/mol. The Balaban J connectivity index is 2.35. The molecule has 0 aliphatic rings. The number of methoxy groups -OCH3 is 1. The monoisotopic (exact) mass is 245 g/mol. The molecule has 2 aromatic rings. The van der Waals surface area contributed by atoms with Gasteiger partial charge in [-0.15, -0.1) is 0 Å². The highest BCUT2D eigenvalue weighted by Crippen LogP contribution is 2.19. The van der Waals surface area contributed by atoms with Gasteiger partial charge >= 0.3 is 0 Å². The van der Waals surface area contributed by atoms with Gasteiger partial charge in [0.15, 0.2) is 0 Å². The number of nitrogen functional groups attached to an aromatic ring is 1. The van der Waals surface area contributed by atoms with Gasteiger partial charge in [0.1, 0.15) is 5.82 Å². The molecule has 0 spiro atoms. The highest BCUT2D eigenvalue weighted by Gasteiger charge is 2.09. The lowest BCUT2D eigenvalue weighted by Gasteiger charge is -2.08. The molecule has 18 heavy (non-hydrogen) atoms. The first-order valence-electron chi connectivity index (χ1n) is 6.03. The van der Waals surface area contributed by atoms with Gasteiger partial charge < -0.3 is 10.5 Å². The molecule has 0 aliphatic heterocycles. The third-order valence-corrected chi connectivity index (χ3v) is 2.93. The zero-order chi connectivity index (χ0) is 13.1. The number of nitrogens with zero attached hydrogens (tertiary/aromatic N) is 2. The Bertz CT molecular complexity index is 546. The molecule has 2 rings (SSSR count). The van der Waals surface area contributed by atoms with Crippen molar-refractivity contribution in [3.8, 4) is 5.69 Å². The van der Waals surface area contributed by atoms with Crippen LogP contribution in [-0.2, 0) is 11.2 Å². The quantitative estimate of drug-likeness (QED) is 0.899. The first-order chi connectivity index (χ1) is 8.61. The van der Waals surface area contributed by atoms with Crippen LogP contribution in [-0.4, -0.2) is 23.5 Å². The molecule has 0 unspecified atom stereocenters. The van der Waals surface area contributed by atoms with Crippen molar-refractivity contribution >= 4 is 5.82 Å². The molecule has 0 amide bonds. The van der Waals surface area contributed by atoms with Crippen molar-refractivity contribution in [2.75, 3.05) is 19.5 Å². The first-order valence-corrected chi connectivity index (χ1v) is 6.03. The number of aryl methyl sites for hydroxylation is 2. The van der Waals surface area contributed by atoms with Gasteiger partial charge in [-0.2, -0.15) is 5.10 Å². The van der Waals surface area contributed by atoms with Crippen molar-refractivity contribution in [1.82, 2.24) is 9.78 Å². The summed E-state index contributed by atoms with van der Waals surface area (Å²) in [5, 5.41) is 4.52. The second-order valence-corrected chi connectivity index (χ2v) is 4.51. The van der Waals surface area contributed by atoms with E-state index >= 15 is 0 Å². The number of benzene rings is 1. The van der Waals surface area contributed by atoms with Crippen molar-refractivity contribution < 1.29 is 4.74 Å². The van der Waals surface area contributed by atoms with Gasteiger partial charge in [-0.25, -0.2) is 4.68 Å². The molecule has 4 nitrogen and oxygen atoms in total. The van der Waals surface area contributed by atoms with Crippen molar-refractivity contribution in [3.63, 3.8) is 0 Å². The predicted octanol–water partition coefficient (Wildman–Crippen LogP) is 2.26. The maximum Gasteiger partial charge on any atom is 0.127 e. The Hall–Kier alpha value is -1.81. The summed E-state index contributed by atoms with van der Waals surface area (Å²) in [7, 11) is 1.68. The third-order valence-electron chi connectivity index (χ3n) is 2.93. The maximum atomic E-state index is 6.01. The molecule has 0 saturated heterocycles. The fraction of sp³-hybridized carbons (Fsp3) is 0.357. The minimum absolute atomic E-state index is 0.656. The van der Waals surface area contributed by atoms with Crippen molar-refractivity contribution in [2.24, 2.45) is 0 Å². The molecule has 0 radical (unpaired) electrons. The van der Waals surface area contributed by atoms with E-state index in [0.29, 0.717) is 12.4 Å². The minimum atomic E-state index is 0.656. The van der Waals surface area contributed by atoms with Crippen LogP contribution in [0.4, 0.5) is 5.82 Å². The molecule has 1 aromatic heterocycles. The van der Waals surface area contributed by atoms with E-state index in [0.717, 1.165) is 17.8 Å². The number of rotatable bonds is 4. The lowest BCUT2D eigenvalue weighted by atomic mass is 10.1. The second-order valence-electron chi connectivity index (χ2n) is 4.51. The number of aromatic nitrogens is 2. The Morgan fingerprint density at radius 3 is 2.72 bits per heavy atom. The van der Waals surface area contributed by atoms with Crippen LogP contribution in [0.2, 0.25) is 0 Å². The van der Waals surface area contributed by atoms with E-state index < -0.39 is 0 Å². The molecule has 1 heterocycles. The minimum Gasteiger partial charge on any atom is -0.384 e. The van der Waals surface area contributed by atoms with E-state index in [2.05, 4.69) is 31.1 Å². The van der Waals surface area contributed by atoms with Crippen LogP contribution in [0.1, 0.15) is 16.8 Å². The average Bonchev–Trinajstić information content (AvgIpc) is 2.68. The summed E-state index contributed by atoms with van der Waals surface area (Å²) in [5.74, 6) is 0.660. The molecule has 0 saturated carbocycles. The van der Waals surface area contributed by atoms with E-state index in [1.807, 2.05) is 12.1 Å². The van der Waals surface area contributed by atoms with E-state index in [-0.39, 0.29) is 0 Å². The number of hydrogen-bond acceptors (Lipinski definition) is 3. The fourth-order valence-electron chi connectivity index (χ4n) is 2.01. The van der Waals surface area contributed by atoms with Crippen LogP contribution in [0, 0.1) is 13.8 Å². The topological polar surface area (TPSA) is 53.1 Å². The molecule has 0 fully saturated rings. The van der Waals surface area contributed by atoms with Crippen LogP contribution < -0.4 is 5.73 Å². The van der Waals surface area contributed by atoms with Crippen molar-refractivity contribution in [2.45, 2.75) is 20.3 Å². The number of nitrogens with two attached hydrogens (primary N) is 1. The van der Waals surface area contributed by atoms with E-state index in [1.54, 1.807) is 11.8 Å². The van der Waals surface area contributed by atoms with Crippen LogP contribution in [0.5, 0.6) is 0 Å². The summed E-state index contributed by atoms with van der Waals surface area (Å²) in [5.41, 5.74) is 10.4. The molecule has 0 aliphatic carbocycles. The maximum absolute atomic E-state index is 6.01. The van der Waals surface area contributed by atoms with Crippen molar-refractivity contribution in [1.29, 1.82) is 0 Å². The second kappa shape index (κ2) is 5.23. The zero-order valence-corrected chi connectivity index (χ0v) is 11.1. The van der Waals surface area contributed by atoms with Gasteiger partial charge in [-0.1, -0.05) is 17.7 Å². The third kappa shape index (κ3) is 2.54. The van der Waals surface area contributed by atoms with Gasteiger partial charge in [0.05, 0.1) is 18.0 Å². The number of hydrogen-bond donors (Lipinski definition) is 1. The summed E-state index contributed by atoms with van der Waals surface area (Å²) in [6, 6.07) is 8.15. The number of anilines is 1. The summed E-state index contributed by atoms with van der Waals surface area (Å²) >= 11 is 0. The molecule has 96 valence electrons. The van der Waals surface area contributed by atoms with Crippen LogP contribution in [0.15, 0.2) is 24.3 Å². The van der Waals surface area contributed by atoms with E-state index in [1.165, 1.54) is 11.1 Å². The lowest BCUT2D eigenvalue weighted by molar-refractivity contribution is 0.201. The fourth-order valence-corrected chi connectivity index (χ4v) is 2.01. The zero-order valence-electron chi connectivity index (χ0n) is 11.1. The largest absolute Gasteiger partial charge is 0.384 e. The number of ether oxygens (including phenoxy) is 1. The normalized spacial score (nSPS) is 10.8. The highest BCUT2D eigenvalue weighted by atomic mass is 16.5. The van der Waals surface area contributed by atoms with Crippen LogP contribution >= 0.6 is 0 Å². The Labute approximate surface area is 107 Å². The van der Waals surface area contributed by atoms with Crippen molar-refractivity contribution in [3.05, 3.63) is 41.1 Å². The molecular formula is C14H19N3O. The summed E-state index contributed by atoms with van der Waals surface area (Å²) < 4.78 is 6.84. The van der Waals surface area contributed by atoms with E-state index in [4.69, 9.17) is 10.5 Å². The van der Waals surface area contributed by atoms with Gasteiger partial charge in [-0.3, -0.25) is 0 Å². The lowest BCUT2D eigenvalue weighted by Crippen LogP contribution is -2.04. The molecule has 0 bridgehead atoms. The Kier molecular flexibility index (Phi) is 3.67. The summed E-state index contributed by atoms with van der Waals surface area (Å²) in [6.45, 7) is 4.80. The van der Waals surface area contributed by atoms with Gasteiger partial charge in [0.25, 0.3) is 0 Å². The first kappa shape index (κ1) is 12.6. The van der Waals surface area contributed by atoms with Crippen LogP contribution in [0.3, 0.4) is 0 Å². The average molecular weight is 245 g/mol. The molecular weight excluding hydrogens is 226 g/mol.